The Labute approximate surface area is 217 Å². The van der Waals surface area contributed by atoms with Gasteiger partial charge in [0, 0.05) is 16.8 Å². The molecule has 0 spiro atoms. The Hall–Kier alpha value is -5.12. The second-order valence-electron chi connectivity index (χ2n) is 8.26. The zero-order chi connectivity index (χ0) is 27.2. The van der Waals surface area contributed by atoms with Crippen LogP contribution >= 0.6 is 0 Å². The predicted octanol–water partition coefficient (Wildman–Crippen LogP) is 4.11. The molecule has 0 bridgehead atoms. The largest absolute Gasteiger partial charge is 0.494 e. The fourth-order valence-electron chi connectivity index (χ4n) is 4.06. The van der Waals surface area contributed by atoms with E-state index in [9.17, 15) is 24.3 Å². The van der Waals surface area contributed by atoms with Gasteiger partial charge >= 0.3 is 18.0 Å². The Kier molecular flexibility index (Phi) is 7.72. The van der Waals surface area contributed by atoms with Crippen molar-refractivity contribution in [3.63, 3.8) is 0 Å². The lowest BCUT2D eigenvalue weighted by Gasteiger charge is -2.12. The minimum Gasteiger partial charge on any atom is -0.494 e. The highest BCUT2D eigenvalue weighted by atomic mass is 16.5. The first-order valence-electron chi connectivity index (χ1n) is 11.6. The van der Waals surface area contributed by atoms with Crippen molar-refractivity contribution < 1.29 is 33.8 Å². The van der Waals surface area contributed by atoms with Gasteiger partial charge in [0.15, 0.2) is 0 Å². The molecule has 0 saturated carbocycles. The number of carbonyl (C=O) groups is 4. The lowest BCUT2D eigenvalue weighted by molar-refractivity contribution is -0.140. The number of nitrogens with zero attached hydrogens (tertiary/aromatic N) is 1. The van der Waals surface area contributed by atoms with Crippen molar-refractivity contribution in [3.8, 4) is 5.88 Å². The van der Waals surface area contributed by atoms with Gasteiger partial charge in [0.25, 0.3) is 5.91 Å². The summed E-state index contributed by atoms with van der Waals surface area (Å²) in [6.45, 7) is 0. The fraction of sp³-hybridized carbons (Fsp3) is 0.143. The average Bonchev–Trinajstić information content (AvgIpc) is 3.22. The minimum atomic E-state index is -0.735. The molecule has 0 unspecified atom stereocenters. The van der Waals surface area contributed by atoms with Crippen LogP contribution in [0.15, 0.2) is 72.8 Å². The fourth-order valence-corrected chi connectivity index (χ4v) is 4.06. The molecule has 0 saturated heterocycles. The Morgan fingerprint density at radius 3 is 1.82 bits per heavy atom. The molecule has 0 radical (unpaired) electrons. The van der Waals surface area contributed by atoms with Gasteiger partial charge < -0.3 is 25.2 Å². The van der Waals surface area contributed by atoms with Crippen LogP contribution in [0.25, 0.3) is 10.9 Å². The van der Waals surface area contributed by atoms with E-state index in [0.29, 0.717) is 33.4 Å². The number of carbonyl (C=O) groups excluding carboxylic acids is 4. The number of benzene rings is 3. The van der Waals surface area contributed by atoms with E-state index in [2.05, 4.69) is 10.6 Å². The van der Waals surface area contributed by atoms with E-state index in [1.807, 2.05) is 0 Å². The van der Waals surface area contributed by atoms with Crippen LogP contribution in [0.5, 0.6) is 5.88 Å². The molecule has 0 fully saturated rings. The molecule has 10 heteroatoms. The normalized spacial score (nSPS) is 10.6. The molecule has 4 rings (SSSR count). The van der Waals surface area contributed by atoms with Gasteiger partial charge in [-0.2, -0.15) is 0 Å². The first kappa shape index (κ1) is 26.0. The Morgan fingerprint density at radius 2 is 1.24 bits per heavy atom. The third-order valence-corrected chi connectivity index (χ3v) is 5.93. The molecule has 3 aromatic carbocycles. The molecule has 194 valence electrons. The molecular weight excluding hydrogens is 490 g/mol. The number of ether oxygens (including phenoxy) is 2. The van der Waals surface area contributed by atoms with Crippen molar-refractivity contribution in [2.45, 2.75) is 12.8 Å². The summed E-state index contributed by atoms with van der Waals surface area (Å²) < 4.78 is 10.4. The van der Waals surface area contributed by atoms with Gasteiger partial charge in [-0.3, -0.25) is 14.4 Å². The number of esters is 2. The molecule has 2 amide bonds. The van der Waals surface area contributed by atoms with Crippen LogP contribution < -0.4 is 10.6 Å². The van der Waals surface area contributed by atoms with Gasteiger partial charge in [0.2, 0.25) is 5.88 Å². The highest BCUT2D eigenvalue weighted by Crippen LogP contribution is 2.33. The predicted molar refractivity (Wildman–Crippen MR) is 140 cm³/mol. The standard InChI is InChI=1S/C28H25N3O7/c1-37-23(32)15-17-9-3-6-12-20(17)29-26(34)25-19-11-5-8-14-22(19)31(27(25)35)28(36)30-21-13-7-4-10-18(21)16-24(33)38-2/h3-14,35H,15-16H2,1-2H3,(H,29,34)(H,30,36). The van der Waals surface area contributed by atoms with Crippen LogP contribution in [0.4, 0.5) is 16.2 Å². The maximum absolute atomic E-state index is 13.4. The summed E-state index contributed by atoms with van der Waals surface area (Å²) in [4.78, 5) is 50.3. The summed E-state index contributed by atoms with van der Waals surface area (Å²) >= 11 is 0. The number of aromatic nitrogens is 1. The monoisotopic (exact) mass is 515 g/mol. The van der Waals surface area contributed by atoms with Crippen molar-refractivity contribution in [3.05, 3.63) is 89.5 Å². The van der Waals surface area contributed by atoms with Gasteiger partial charge in [-0.05, 0) is 29.3 Å². The highest BCUT2D eigenvalue weighted by Gasteiger charge is 2.26. The molecule has 38 heavy (non-hydrogen) atoms. The van der Waals surface area contributed by atoms with E-state index < -0.39 is 29.8 Å². The number of fused-ring (bicyclic) bond motifs is 1. The van der Waals surface area contributed by atoms with Crippen LogP contribution in [0.2, 0.25) is 0 Å². The SMILES string of the molecule is COC(=O)Cc1ccccc1NC(=O)c1c(O)n(C(=O)Nc2ccccc2CC(=O)OC)c2ccccc12. The molecule has 1 aromatic heterocycles. The molecule has 3 N–H and O–H groups in total. The topological polar surface area (TPSA) is 136 Å². The van der Waals surface area contributed by atoms with E-state index in [4.69, 9.17) is 9.47 Å². The van der Waals surface area contributed by atoms with Gasteiger partial charge in [0.1, 0.15) is 5.56 Å². The van der Waals surface area contributed by atoms with Crippen molar-refractivity contribution in [1.29, 1.82) is 0 Å². The zero-order valence-corrected chi connectivity index (χ0v) is 20.7. The first-order valence-corrected chi connectivity index (χ1v) is 11.6. The number of methoxy groups -OCH3 is 2. The quantitative estimate of drug-likeness (QED) is 0.315. The van der Waals surface area contributed by atoms with Crippen molar-refractivity contribution >= 4 is 46.2 Å². The second kappa shape index (κ2) is 11.3. The summed E-state index contributed by atoms with van der Waals surface area (Å²) in [5, 5.41) is 16.9. The van der Waals surface area contributed by atoms with Gasteiger partial charge in [0.05, 0.1) is 32.6 Å². The van der Waals surface area contributed by atoms with Crippen LogP contribution in [0.3, 0.4) is 0 Å². The molecule has 0 aliphatic heterocycles. The Balaban J connectivity index is 1.69. The Morgan fingerprint density at radius 1 is 0.737 bits per heavy atom. The summed E-state index contributed by atoms with van der Waals surface area (Å²) in [5.41, 5.74) is 1.93. The summed E-state index contributed by atoms with van der Waals surface area (Å²) in [7, 11) is 2.54. The van der Waals surface area contributed by atoms with E-state index in [-0.39, 0.29) is 18.4 Å². The molecule has 10 nitrogen and oxygen atoms in total. The van der Waals surface area contributed by atoms with Gasteiger partial charge in [-0.15, -0.1) is 0 Å². The summed E-state index contributed by atoms with van der Waals surface area (Å²) in [6.07, 6.45) is -0.127. The maximum atomic E-state index is 13.4. The van der Waals surface area contributed by atoms with Crippen molar-refractivity contribution in [1.82, 2.24) is 4.57 Å². The van der Waals surface area contributed by atoms with Crippen LogP contribution in [0, 0.1) is 0 Å². The number of rotatable bonds is 7. The smallest absolute Gasteiger partial charge is 0.333 e. The van der Waals surface area contributed by atoms with Gasteiger partial charge in [-0.1, -0.05) is 54.6 Å². The number of hydrogen-bond donors (Lipinski definition) is 3. The third-order valence-electron chi connectivity index (χ3n) is 5.93. The van der Waals surface area contributed by atoms with E-state index in [1.54, 1.807) is 72.8 Å². The van der Waals surface area contributed by atoms with Crippen LogP contribution in [-0.2, 0) is 31.9 Å². The highest BCUT2D eigenvalue weighted by molar-refractivity contribution is 6.17. The molecule has 1 heterocycles. The summed E-state index contributed by atoms with van der Waals surface area (Å²) in [5.74, 6) is -2.20. The number of para-hydroxylation sites is 3. The molecular formula is C28H25N3O7. The average molecular weight is 516 g/mol. The van der Waals surface area contributed by atoms with Crippen molar-refractivity contribution in [2.75, 3.05) is 24.9 Å². The molecule has 0 atom stereocenters. The lowest BCUT2D eigenvalue weighted by atomic mass is 10.1. The number of anilines is 2. The lowest BCUT2D eigenvalue weighted by Crippen LogP contribution is -2.21. The van der Waals surface area contributed by atoms with Gasteiger partial charge in [-0.25, -0.2) is 9.36 Å². The molecule has 0 aliphatic rings. The van der Waals surface area contributed by atoms with E-state index in [0.717, 1.165) is 4.57 Å². The first-order chi connectivity index (χ1) is 18.3. The zero-order valence-electron chi connectivity index (χ0n) is 20.7. The summed E-state index contributed by atoms with van der Waals surface area (Å²) in [6, 6.07) is 19.2. The van der Waals surface area contributed by atoms with Crippen LogP contribution in [0.1, 0.15) is 21.5 Å². The number of nitrogens with one attached hydrogen (secondary N) is 2. The van der Waals surface area contributed by atoms with E-state index in [1.165, 1.54) is 14.2 Å². The number of hydrogen-bond acceptors (Lipinski definition) is 7. The van der Waals surface area contributed by atoms with Crippen molar-refractivity contribution in [2.24, 2.45) is 0 Å². The second-order valence-corrected chi connectivity index (χ2v) is 8.26. The molecule has 0 aliphatic carbocycles. The third kappa shape index (κ3) is 5.34. The number of amides is 2. The number of aromatic hydroxyl groups is 1. The maximum Gasteiger partial charge on any atom is 0.333 e. The molecule has 4 aromatic rings. The van der Waals surface area contributed by atoms with E-state index >= 15 is 0 Å². The van der Waals surface area contributed by atoms with Crippen LogP contribution in [-0.4, -0.2) is 47.8 Å². The Bertz CT molecular complexity index is 1430. The minimum absolute atomic E-state index is 0.0614.